The molecular weight excluding hydrogens is 497 g/mol. The van der Waals surface area contributed by atoms with Crippen molar-refractivity contribution in [2.75, 3.05) is 11.3 Å². The molecule has 0 spiro atoms. The van der Waals surface area contributed by atoms with Crippen molar-refractivity contribution in [1.29, 1.82) is 0 Å². The van der Waals surface area contributed by atoms with Crippen LogP contribution in [0, 0.1) is 0 Å². The molecule has 2 unspecified atom stereocenters. The number of halogens is 6. The Hall–Kier alpha value is -2.85. The molecule has 1 aliphatic rings. The maximum Gasteiger partial charge on any atom is 0.459 e. The monoisotopic (exact) mass is 513 g/mol. The van der Waals surface area contributed by atoms with Crippen molar-refractivity contribution in [1.82, 2.24) is 4.98 Å². The number of hydrogen-bond donors (Lipinski definition) is 0. The molecule has 1 aromatic heterocycles. The molecule has 2 aromatic carbocycles. The summed E-state index contributed by atoms with van der Waals surface area (Å²) < 4.78 is 79.6. The zero-order chi connectivity index (χ0) is 24.7. The Kier molecular flexibility index (Phi) is 6.48. The Morgan fingerprint density at radius 2 is 1.71 bits per heavy atom. The number of rotatable bonds is 5. The number of alkyl halides is 5. The Morgan fingerprint density at radius 1 is 1.00 bits per heavy atom. The second kappa shape index (κ2) is 9.07. The molecule has 0 N–H and O–H groups in total. The van der Waals surface area contributed by atoms with E-state index in [0.29, 0.717) is 16.2 Å². The van der Waals surface area contributed by atoms with Crippen molar-refractivity contribution >= 4 is 33.8 Å². The summed E-state index contributed by atoms with van der Waals surface area (Å²) in [6, 6.07) is 16.8. The highest BCUT2D eigenvalue weighted by Gasteiger charge is 2.63. The molecule has 0 bridgehead atoms. The Labute approximate surface area is 199 Å². The summed E-state index contributed by atoms with van der Waals surface area (Å²) >= 11 is 6.21. The molecule has 178 valence electrons. The van der Waals surface area contributed by atoms with E-state index in [1.807, 2.05) is 0 Å². The van der Waals surface area contributed by atoms with E-state index in [9.17, 15) is 26.2 Å². The van der Waals surface area contributed by atoms with Crippen molar-refractivity contribution in [3.63, 3.8) is 0 Å². The van der Waals surface area contributed by atoms with Crippen molar-refractivity contribution in [2.24, 2.45) is 5.10 Å². The highest BCUT2D eigenvalue weighted by Crippen LogP contribution is 2.45. The van der Waals surface area contributed by atoms with Crippen LogP contribution in [-0.2, 0) is 10.8 Å². The minimum absolute atomic E-state index is 0.141. The van der Waals surface area contributed by atoms with E-state index in [-0.39, 0.29) is 16.4 Å². The summed E-state index contributed by atoms with van der Waals surface area (Å²) in [5, 5.41) is 4.87. The van der Waals surface area contributed by atoms with Crippen LogP contribution < -0.4 is 5.01 Å². The standard InChI is InChI=1S/C23H17ClF5N3OS/c1-34(33)15-7-4-6-14(12-15)17-9-5-10-18(30-17)20-13-21(22(25,26)23(27,28)29)31-32(20)19-11-3-2-8-16(19)24/h2-12,20H,13H2,1H3. The Morgan fingerprint density at radius 3 is 2.38 bits per heavy atom. The van der Waals surface area contributed by atoms with Gasteiger partial charge in [0, 0.05) is 33.9 Å². The minimum atomic E-state index is -5.79. The van der Waals surface area contributed by atoms with E-state index >= 15 is 0 Å². The number of anilines is 1. The summed E-state index contributed by atoms with van der Waals surface area (Å²) in [7, 11) is -1.24. The van der Waals surface area contributed by atoms with Gasteiger partial charge in [0.05, 0.1) is 22.1 Å². The van der Waals surface area contributed by atoms with Crippen LogP contribution in [0.5, 0.6) is 0 Å². The number of hydrogen-bond acceptors (Lipinski definition) is 4. The number of pyridine rings is 1. The van der Waals surface area contributed by atoms with Gasteiger partial charge in [-0.15, -0.1) is 0 Å². The topological polar surface area (TPSA) is 45.6 Å². The van der Waals surface area contributed by atoms with Crippen molar-refractivity contribution in [3.05, 3.63) is 77.4 Å². The summed E-state index contributed by atoms with van der Waals surface area (Å²) in [6.45, 7) is 0. The van der Waals surface area contributed by atoms with E-state index in [0.717, 1.165) is 5.01 Å². The molecule has 2 heterocycles. The Balaban J connectivity index is 1.79. The molecule has 0 aliphatic carbocycles. The van der Waals surface area contributed by atoms with Crippen molar-refractivity contribution < 1.29 is 26.2 Å². The van der Waals surface area contributed by atoms with Crippen LogP contribution in [0.25, 0.3) is 11.3 Å². The number of para-hydroxylation sites is 1. The van der Waals surface area contributed by atoms with Gasteiger partial charge in [-0.25, -0.2) is 0 Å². The van der Waals surface area contributed by atoms with Gasteiger partial charge >= 0.3 is 12.1 Å². The molecule has 34 heavy (non-hydrogen) atoms. The van der Waals surface area contributed by atoms with Crippen molar-refractivity contribution in [3.8, 4) is 11.3 Å². The molecule has 1 aliphatic heterocycles. The molecule has 11 heteroatoms. The van der Waals surface area contributed by atoms with Crippen LogP contribution >= 0.6 is 11.6 Å². The summed E-state index contributed by atoms with van der Waals surface area (Å²) in [5.74, 6) is -5.11. The molecule has 0 saturated heterocycles. The van der Waals surface area contributed by atoms with E-state index in [1.165, 1.54) is 24.5 Å². The first kappa shape index (κ1) is 24.3. The van der Waals surface area contributed by atoms with Gasteiger partial charge in [-0.3, -0.25) is 14.2 Å². The third-order valence-electron chi connectivity index (χ3n) is 5.30. The van der Waals surface area contributed by atoms with Crippen molar-refractivity contribution in [2.45, 2.75) is 29.5 Å². The number of benzene rings is 2. The fraction of sp³-hybridized carbons (Fsp3) is 0.217. The van der Waals surface area contributed by atoms with Crippen LogP contribution in [0.15, 0.2) is 76.7 Å². The highest BCUT2D eigenvalue weighted by molar-refractivity contribution is 7.84. The summed E-state index contributed by atoms with van der Waals surface area (Å²) in [4.78, 5) is 5.09. The van der Waals surface area contributed by atoms with Gasteiger partial charge < -0.3 is 0 Å². The van der Waals surface area contributed by atoms with Gasteiger partial charge in [-0.05, 0) is 36.4 Å². The molecule has 3 aromatic rings. The molecule has 4 rings (SSSR count). The fourth-order valence-electron chi connectivity index (χ4n) is 3.59. The van der Waals surface area contributed by atoms with Crippen LogP contribution in [0.4, 0.5) is 27.6 Å². The summed E-state index contributed by atoms with van der Waals surface area (Å²) in [5.41, 5.74) is 0.161. The van der Waals surface area contributed by atoms with Crippen LogP contribution in [-0.4, -0.2) is 33.3 Å². The van der Waals surface area contributed by atoms with Gasteiger partial charge in [0.2, 0.25) is 0 Å². The third-order valence-corrected chi connectivity index (χ3v) is 6.54. The maximum absolute atomic E-state index is 14.2. The molecule has 0 radical (unpaired) electrons. The van der Waals surface area contributed by atoms with Crippen LogP contribution in [0.2, 0.25) is 5.02 Å². The minimum Gasteiger partial charge on any atom is -0.255 e. The van der Waals surface area contributed by atoms with E-state index < -0.39 is 41.1 Å². The molecular formula is C23H17ClF5N3OS. The zero-order valence-electron chi connectivity index (χ0n) is 17.6. The fourth-order valence-corrected chi connectivity index (χ4v) is 4.37. The highest BCUT2D eigenvalue weighted by atomic mass is 35.5. The van der Waals surface area contributed by atoms with Crippen LogP contribution in [0.1, 0.15) is 18.2 Å². The predicted molar refractivity (Wildman–Crippen MR) is 122 cm³/mol. The van der Waals surface area contributed by atoms with Gasteiger partial charge in [0.25, 0.3) is 0 Å². The lowest BCUT2D eigenvalue weighted by Gasteiger charge is -2.24. The number of nitrogens with zero attached hydrogens (tertiary/aromatic N) is 3. The molecule has 0 saturated carbocycles. The Bertz CT molecular complexity index is 1280. The van der Waals surface area contributed by atoms with Gasteiger partial charge in [-0.1, -0.05) is 41.9 Å². The smallest absolute Gasteiger partial charge is 0.255 e. The lowest BCUT2D eigenvalue weighted by atomic mass is 10.0. The van der Waals surface area contributed by atoms with Gasteiger partial charge in [-0.2, -0.15) is 27.1 Å². The number of aromatic nitrogens is 1. The average molecular weight is 514 g/mol. The second-order valence-electron chi connectivity index (χ2n) is 7.56. The van der Waals surface area contributed by atoms with E-state index in [4.69, 9.17) is 11.6 Å². The molecule has 4 nitrogen and oxygen atoms in total. The average Bonchev–Trinajstić information content (AvgIpc) is 3.25. The predicted octanol–water partition coefficient (Wildman–Crippen LogP) is 6.64. The first-order valence-corrected chi connectivity index (χ1v) is 11.9. The molecule has 0 fully saturated rings. The van der Waals surface area contributed by atoms with Crippen LogP contribution in [0.3, 0.4) is 0 Å². The molecule has 0 amide bonds. The maximum atomic E-state index is 14.2. The van der Waals surface area contributed by atoms with Gasteiger partial charge in [0.15, 0.2) is 0 Å². The quantitative estimate of drug-likeness (QED) is 0.359. The normalized spacial score (nSPS) is 17.6. The van der Waals surface area contributed by atoms with Gasteiger partial charge in [0.1, 0.15) is 11.8 Å². The summed E-state index contributed by atoms with van der Waals surface area (Å²) in [6.07, 6.45) is -4.96. The molecule has 2 atom stereocenters. The first-order valence-electron chi connectivity index (χ1n) is 9.96. The van der Waals surface area contributed by atoms with E-state index in [2.05, 4.69) is 10.1 Å². The lowest BCUT2D eigenvalue weighted by Crippen LogP contribution is -2.43. The first-order chi connectivity index (χ1) is 16.0. The number of hydrazone groups is 1. The second-order valence-corrected chi connectivity index (χ2v) is 9.35. The third kappa shape index (κ3) is 4.56. The zero-order valence-corrected chi connectivity index (χ0v) is 19.1. The lowest BCUT2D eigenvalue weighted by molar-refractivity contribution is -0.249. The largest absolute Gasteiger partial charge is 0.459 e. The van der Waals surface area contributed by atoms with E-state index in [1.54, 1.807) is 48.5 Å². The SMILES string of the molecule is CS(=O)c1cccc(-c2cccc(C3CC(C(F)(F)C(F)(F)F)=NN3c3ccccc3Cl)n2)c1.